The molecule has 0 aliphatic rings. The number of rotatable bonds is 4. The van der Waals surface area contributed by atoms with E-state index in [0.29, 0.717) is 6.42 Å². The Hall–Kier alpha value is -0.830. The van der Waals surface area contributed by atoms with Crippen molar-refractivity contribution in [3.8, 4) is 0 Å². The number of benzene rings is 1. The van der Waals surface area contributed by atoms with Gasteiger partial charge in [-0.15, -0.1) is 0 Å². The van der Waals surface area contributed by atoms with Crippen LogP contribution in [0.3, 0.4) is 0 Å². The molecule has 0 saturated carbocycles. The van der Waals surface area contributed by atoms with Crippen molar-refractivity contribution in [1.82, 2.24) is 4.90 Å². The molecule has 0 radical (unpaired) electrons. The summed E-state index contributed by atoms with van der Waals surface area (Å²) in [6, 6.07) is 8.07. The Morgan fingerprint density at radius 2 is 2.20 bits per heavy atom. The molecule has 1 rings (SSSR count). The highest BCUT2D eigenvalue weighted by atomic mass is 79.9. The molecule has 0 aliphatic carbocycles. The summed E-state index contributed by atoms with van der Waals surface area (Å²) in [6.45, 7) is 2.79. The first kappa shape index (κ1) is 12.2. The van der Waals surface area contributed by atoms with Crippen LogP contribution in [-0.2, 0) is 11.2 Å². The predicted octanol–water partition coefficient (Wildman–Crippen LogP) is 2.39. The molecular formula is C12H16BrNO. The van der Waals surface area contributed by atoms with Gasteiger partial charge in [-0.2, -0.15) is 0 Å². The Morgan fingerprint density at radius 1 is 1.47 bits per heavy atom. The van der Waals surface area contributed by atoms with E-state index in [0.717, 1.165) is 17.4 Å². The van der Waals surface area contributed by atoms with Crippen LogP contribution in [0.2, 0.25) is 0 Å². The third kappa shape index (κ3) is 4.04. The number of alkyl halides is 1. The fourth-order valence-electron chi connectivity index (χ4n) is 1.38. The number of carbonyl (C=O) groups excluding carboxylic acids is 1. The van der Waals surface area contributed by atoms with Crippen molar-refractivity contribution in [3.05, 3.63) is 35.4 Å². The van der Waals surface area contributed by atoms with Gasteiger partial charge in [0, 0.05) is 18.9 Å². The number of likely N-dealkylation sites (N-methyl/N-ethyl adjacent to an activating group) is 1. The number of hydrogen-bond acceptors (Lipinski definition) is 1. The van der Waals surface area contributed by atoms with Crippen LogP contribution in [0.4, 0.5) is 0 Å². The first-order valence-electron chi connectivity index (χ1n) is 4.99. The second kappa shape index (κ2) is 5.91. The molecule has 1 amide bonds. The van der Waals surface area contributed by atoms with Gasteiger partial charge in [0.1, 0.15) is 0 Å². The fourth-order valence-corrected chi connectivity index (χ4v) is 1.92. The zero-order valence-corrected chi connectivity index (χ0v) is 10.8. The average molecular weight is 270 g/mol. The highest BCUT2D eigenvalue weighted by Crippen LogP contribution is 2.06. The smallest absolute Gasteiger partial charge is 0.226 e. The number of hydrogen-bond donors (Lipinski definition) is 0. The molecule has 0 unspecified atom stereocenters. The van der Waals surface area contributed by atoms with Crippen molar-refractivity contribution in [2.45, 2.75) is 13.3 Å². The van der Waals surface area contributed by atoms with E-state index in [9.17, 15) is 4.79 Å². The van der Waals surface area contributed by atoms with E-state index in [1.807, 2.05) is 32.2 Å². The SMILES string of the molecule is Cc1cccc(CC(=O)N(C)CCBr)c1. The molecule has 0 saturated heterocycles. The minimum atomic E-state index is 0.167. The Labute approximate surface area is 99.4 Å². The van der Waals surface area contributed by atoms with Crippen molar-refractivity contribution in [1.29, 1.82) is 0 Å². The molecule has 2 nitrogen and oxygen atoms in total. The van der Waals surface area contributed by atoms with Gasteiger partial charge >= 0.3 is 0 Å². The van der Waals surface area contributed by atoms with E-state index < -0.39 is 0 Å². The Balaban J connectivity index is 2.58. The average Bonchev–Trinajstić information content (AvgIpc) is 2.18. The van der Waals surface area contributed by atoms with Crippen molar-refractivity contribution < 1.29 is 4.79 Å². The van der Waals surface area contributed by atoms with Crippen LogP contribution in [0, 0.1) is 6.92 Å². The van der Waals surface area contributed by atoms with E-state index >= 15 is 0 Å². The van der Waals surface area contributed by atoms with Crippen molar-refractivity contribution in [3.63, 3.8) is 0 Å². The summed E-state index contributed by atoms with van der Waals surface area (Å²) in [7, 11) is 1.83. The summed E-state index contributed by atoms with van der Waals surface area (Å²) >= 11 is 3.32. The van der Waals surface area contributed by atoms with E-state index in [1.165, 1.54) is 5.56 Å². The summed E-state index contributed by atoms with van der Waals surface area (Å²) in [5.74, 6) is 0.167. The van der Waals surface area contributed by atoms with Gasteiger partial charge < -0.3 is 4.90 Å². The third-order valence-corrected chi connectivity index (χ3v) is 2.64. The highest BCUT2D eigenvalue weighted by molar-refractivity contribution is 9.09. The van der Waals surface area contributed by atoms with Gasteiger partial charge in [-0.05, 0) is 12.5 Å². The van der Waals surface area contributed by atoms with Gasteiger partial charge in [0.25, 0.3) is 0 Å². The molecule has 0 aliphatic heterocycles. The lowest BCUT2D eigenvalue weighted by atomic mass is 10.1. The minimum absolute atomic E-state index is 0.167. The Morgan fingerprint density at radius 3 is 2.80 bits per heavy atom. The van der Waals surface area contributed by atoms with Gasteiger partial charge in [-0.3, -0.25) is 4.79 Å². The van der Waals surface area contributed by atoms with Crippen LogP contribution in [-0.4, -0.2) is 29.7 Å². The molecule has 82 valence electrons. The summed E-state index contributed by atoms with van der Waals surface area (Å²) in [6.07, 6.45) is 0.491. The van der Waals surface area contributed by atoms with Crippen LogP contribution >= 0.6 is 15.9 Å². The van der Waals surface area contributed by atoms with E-state index in [2.05, 4.69) is 22.0 Å². The lowest BCUT2D eigenvalue weighted by molar-refractivity contribution is -0.128. The summed E-state index contributed by atoms with van der Waals surface area (Å²) in [4.78, 5) is 13.5. The van der Waals surface area contributed by atoms with Crippen LogP contribution in [0.15, 0.2) is 24.3 Å². The Kier molecular flexibility index (Phi) is 4.82. The topological polar surface area (TPSA) is 20.3 Å². The van der Waals surface area contributed by atoms with Gasteiger partial charge in [-0.1, -0.05) is 45.8 Å². The lowest BCUT2D eigenvalue weighted by Crippen LogP contribution is -2.29. The van der Waals surface area contributed by atoms with Crippen LogP contribution in [0.25, 0.3) is 0 Å². The molecule has 0 heterocycles. The maximum atomic E-state index is 11.7. The van der Waals surface area contributed by atoms with Crippen LogP contribution in [0.1, 0.15) is 11.1 Å². The molecular weight excluding hydrogens is 254 g/mol. The molecule has 0 atom stereocenters. The molecule has 1 aromatic rings. The maximum Gasteiger partial charge on any atom is 0.226 e. The van der Waals surface area contributed by atoms with Crippen molar-refractivity contribution in [2.75, 3.05) is 18.9 Å². The van der Waals surface area contributed by atoms with Gasteiger partial charge in [0.15, 0.2) is 0 Å². The standard InChI is InChI=1S/C12H16BrNO/c1-10-4-3-5-11(8-10)9-12(15)14(2)7-6-13/h3-5,8H,6-7,9H2,1-2H3. The minimum Gasteiger partial charge on any atom is -0.345 e. The second-order valence-electron chi connectivity index (χ2n) is 3.67. The molecule has 0 spiro atoms. The van der Waals surface area contributed by atoms with Crippen LogP contribution < -0.4 is 0 Å². The number of aryl methyl sites for hydroxylation is 1. The van der Waals surface area contributed by atoms with Gasteiger partial charge in [0.05, 0.1) is 6.42 Å². The molecule has 15 heavy (non-hydrogen) atoms. The number of carbonyl (C=O) groups is 1. The zero-order chi connectivity index (χ0) is 11.3. The van der Waals surface area contributed by atoms with E-state index in [-0.39, 0.29) is 5.91 Å². The monoisotopic (exact) mass is 269 g/mol. The van der Waals surface area contributed by atoms with E-state index in [4.69, 9.17) is 0 Å². The van der Waals surface area contributed by atoms with Gasteiger partial charge in [-0.25, -0.2) is 0 Å². The first-order chi connectivity index (χ1) is 7.13. The van der Waals surface area contributed by atoms with Gasteiger partial charge in [0.2, 0.25) is 5.91 Å². The fraction of sp³-hybridized carbons (Fsp3) is 0.417. The van der Waals surface area contributed by atoms with Crippen LogP contribution in [0.5, 0.6) is 0 Å². The number of halogens is 1. The van der Waals surface area contributed by atoms with Crippen molar-refractivity contribution >= 4 is 21.8 Å². The summed E-state index contributed by atoms with van der Waals surface area (Å²) in [5, 5.41) is 0.822. The molecule has 0 aromatic heterocycles. The first-order valence-corrected chi connectivity index (χ1v) is 6.11. The lowest BCUT2D eigenvalue weighted by Gasteiger charge is -2.15. The van der Waals surface area contributed by atoms with Crippen molar-refractivity contribution in [2.24, 2.45) is 0 Å². The summed E-state index contributed by atoms with van der Waals surface area (Å²) < 4.78 is 0. The normalized spacial score (nSPS) is 10.1. The quantitative estimate of drug-likeness (QED) is 0.769. The number of nitrogens with zero attached hydrogens (tertiary/aromatic N) is 1. The second-order valence-corrected chi connectivity index (χ2v) is 4.46. The molecule has 3 heteroatoms. The van der Waals surface area contributed by atoms with E-state index in [1.54, 1.807) is 4.90 Å². The molecule has 1 aromatic carbocycles. The molecule has 0 fully saturated rings. The predicted molar refractivity (Wildman–Crippen MR) is 66.3 cm³/mol. The third-order valence-electron chi connectivity index (χ3n) is 2.28. The molecule has 0 bridgehead atoms. The maximum absolute atomic E-state index is 11.7. The molecule has 0 N–H and O–H groups in total. The summed E-state index contributed by atoms with van der Waals surface area (Å²) in [5.41, 5.74) is 2.28. The number of amides is 1. The Bertz CT molecular complexity index is 338. The zero-order valence-electron chi connectivity index (χ0n) is 9.16. The highest BCUT2D eigenvalue weighted by Gasteiger charge is 2.08. The largest absolute Gasteiger partial charge is 0.345 e.